The van der Waals surface area contributed by atoms with Crippen LogP contribution < -0.4 is 4.90 Å². The van der Waals surface area contributed by atoms with Gasteiger partial charge in [0, 0.05) is 44.8 Å². The van der Waals surface area contributed by atoms with Crippen LogP contribution in [0, 0.1) is 5.41 Å². The van der Waals surface area contributed by atoms with E-state index < -0.39 is 28.9 Å². The molecule has 1 aliphatic carbocycles. The third-order valence-electron chi connectivity index (χ3n) is 7.38. The van der Waals surface area contributed by atoms with Crippen molar-refractivity contribution in [2.24, 2.45) is 5.41 Å². The van der Waals surface area contributed by atoms with Gasteiger partial charge in [0.2, 0.25) is 11.8 Å². The van der Waals surface area contributed by atoms with Crippen molar-refractivity contribution >= 4 is 29.1 Å². The summed E-state index contributed by atoms with van der Waals surface area (Å²) < 4.78 is 38.9. The van der Waals surface area contributed by atoms with Gasteiger partial charge in [0.1, 0.15) is 6.04 Å². The molecular formula is C23H29ClF3N3O3. The highest BCUT2D eigenvalue weighted by molar-refractivity contribution is 6.31. The molecule has 1 aromatic carbocycles. The first-order valence-corrected chi connectivity index (χ1v) is 11.8. The normalized spacial score (nSPS) is 25.0. The molecular weight excluding hydrogens is 459 g/mol. The van der Waals surface area contributed by atoms with E-state index >= 15 is 0 Å². The minimum atomic E-state index is -4.53. The van der Waals surface area contributed by atoms with Crippen LogP contribution in [0.25, 0.3) is 0 Å². The Bertz CT molecular complexity index is 922. The first kappa shape index (κ1) is 24.1. The Balaban J connectivity index is 1.27. The van der Waals surface area contributed by atoms with Gasteiger partial charge < -0.3 is 19.8 Å². The fourth-order valence-corrected chi connectivity index (χ4v) is 5.27. The van der Waals surface area contributed by atoms with Crippen LogP contribution in [0.1, 0.15) is 44.6 Å². The van der Waals surface area contributed by atoms with Crippen molar-refractivity contribution in [1.29, 1.82) is 0 Å². The largest absolute Gasteiger partial charge is 0.417 e. The molecule has 4 rings (SSSR count). The van der Waals surface area contributed by atoms with Crippen molar-refractivity contribution < 1.29 is 27.9 Å². The molecule has 1 spiro atoms. The smallest absolute Gasteiger partial charge is 0.391 e. The maximum atomic E-state index is 13.0. The summed E-state index contributed by atoms with van der Waals surface area (Å²) >= 11 is 5.84. The van der Waals surface area contributed by atoms with Crippen LogP contribution >= 0.6 is 11.6 Å². The average Bonchev–Trinajstić information content (AvgIpc) is 3.53. The van der Waals surface area contributed by atoms with Crippen molar-refractivity contribution in [2.75, 3.05) is 37.6 Å². The molecule has 2 aliphatic heterocycles. The molecule has 1 N–H and O–H groups in total. The van der Waals surface area contributed by atoms with Crippen molar-refractivity contribution in [3.8, 4) is 0 Å². The van der Waals surface area contributed by atoms with E-state index in [2.05, 4.69) is 0 Å². The van der Waals surface area contributed by atoms with E-state index in [1.165, 1.54) is 12.1 Å². The summed E-state index contributed by atoms with van der Waals surface area (Å²) in [4.78, 5) is 30.6. The molecule has 0 bridgehead atoms. The first-order chi connectivity index (χ1) is 15.5. The number of carbonyl (C=O) groups is 2. The summed E-state index contributed by atoms with van der Waals surface area (Å²) in [7, 11) is 0. The predicted octanol–water partition coefficient (Wildman–Crippen LogP) is 3.55. The number of benzene rings is 1. The standard InChI is InChI=1S/C23H29ClF3N3O3/c1-15-21(33)28(9-2-3-20(32)29-10-8-22(6-7-22)19(31)14-29)11-12-30(15)16-4-5-17(18(24)13-16)23(25,26)27/h4-5,13,15,19,31H,2-3,6-12,14H2,1H3. The summed E-state index contributed by atoms with van der Waals surface area (Å²) in [6.45, 7) is 4.11. The number of rotatable bonds is 5. The molecule has 6 nitrogen and oxygen atoms in total. The number of hydrogen-bond donors (Lipinski definition) is 1. The van der Waals surface area contributed by atoms with Crippen LogP contribution in [-0.2, 0) is 15.8 Å². The van der Waals surface area contributed by atoms with Gasteiger partial charge in [-0.15, -0.1) is 0 Å². The van der Waals surface area contributed by atoms with E-state index in [1.54, 1.807) is 21.6 Å². The number of nitrogens with zero attached hydrogens (tertiary/aromatic N) is 3. The third-order valence-corrected chi connectivity index (χ3v) is 7.69. The van der Waals surface area contributed by atoms with Gasteiger partial charge >= 0.3 is 6.18 Å². The number of aliphatic hydroxyl groups is 1. The molecule has 3 aliphatic rings. The monoisotopic (exact) mass is 487 g/mol. The predicted molar refractivity (Wildman–Crippen MR) is 118 cm³/mol. The molecule has 2 unspecified atom stereocenters. The Kier molecular flexibility index (Phi) is 6.57. The van der Waals surface area contributed by atoms with Gasteiger partial charge in [-0.25, -0.2) is 0 Å². The Morgan fingerprint density at radius 2 is 1.94 bits per heavy atom. The highest BCUT2D eigenvalue weighted by Crippen LogP contribution is 2.53. The zero-order valence-electron chi connectivity index (χ0n) is 18.6. The van der Waals surface area contributed by atoms with E-state index in [-0.39, 0.29) is 17.2 Å². The number of hydrogen-bond acceptors (Lipinski definition) is 4. The zero-order chi connectivity index (χ0) is 24.0. The van der Waals surface area contributed by atoms with Crippen molar-refractivity contribution in [3.63, 3.8) is 0 Å². The fourth-order valence-electron chi connectivity index (χ4n) is 4.98. The molecule has 10 heteroatoms. The lowest BCUT2D eigenvalue weighted by Gasteiger charge is -2.41. The van der Waals surface area contributed by atoms with Gasteiger partial charge in [-0.3, -0.25) is 9.59 Å². The summed E-state index contributed by atoms with van der Waals surface area (Å²) in [5.74, 6) is -0.128. The molecule has 182 valence electrons. The van der Waals surface area contributed by atoms with Gasteiger partial charge in [-0.2, -0.15) is 13.2 Å². The average molecular weight is 488 g/mol. The Labute approximate surface area is 196 Å². The number of piperidine rings is 1. The van der Waals surface area contributed by atoms with Crippen LogP contribution in [-0.4, -0.2) is 71.6 Å². The van der Waals surface area contributed by atoms with E-state index in [9.17, 15) is 27.9 Å². The molecule has 33 heavy (non-hydrogen) atoms. The number of anilines is 1. The van der Waals surface area contributed by atoms with Crippen molar-refractivity contribution in [3.05, 3.63) is 28.8 Å². The van der Waals surface area contributed by atoms with Crippen molar-refractivity contribution in [1.82, 2.24) is 9.80 Å². The molecule has 2 atom stereocenters. The summed E-state index contributed by atoms with van der Waals surface area (Å²) in [6, 6.07) is 2.98. The second kappa shape index (κ2) is 8.98. The minimum absolute atomic E-state index is 0.00285. The Morgan fingerprint density at radius 1 is 1.21 bits per heavy atom. The van der Waals surface area contributed by atoms with E-state index in [4.69, 9.17) is 11.6 Å². The number of halogens is 4. The topological polar surface area (TPSA) is 64.1 Å². The maximum absolute atomic E-state index is 13.0. The highest BCUT2D eigenvalue weighted by atomic mass is 35.5. The third kappa shape index (κ3) is 4.94. The SMILES string of the molecule is CC1C(=O)N(CCCC(=O)N2CCC3(CC3)C(O)C2)CCN1c1ccc(C(F)(F)F)c(Cl)c1. The quantitative estimate of drug-likeness (QED) is 0.690. The lowest BCUT2D eigenvalue weighted by Crippen LogP contribution is -2.56. The number of amides is 2. The molecule has 1 aromatic rings. The number of β-amino-alcohol motifs (C(OH)–C–C–N with tert-alkyl or cyclic N) is 1. The highest BCUT2D eigenvalue weighted by Gasteiger charge is 2.51. The molecule has 1 saturated carbocycles. The van der Waals surface area contributed by atoms with Crippen LogP contribution in [0.2, 0.25) is 5.02 Å². The number of likely N-dealkylation sites (tertiary alicyclic amines) is 1. The summed E-state index contributed by atoms with van der Waals surface area (Å²) in [5, 5.41) is 9.89. The van der Waals surface area contributed by atoms with E-state index in [0.29, 0.717) is 51.3 Å². The number of piperazine rings is 1. The van der Waals surface area contributed by atoms with Crippen LogP contribution in [0.4, 0.5) is 18.9 Å². The van der Waals surface area contributed by atoms with Gasteiger partial charge in [-0.05, 0) is 56.2 Å². The van der Waals surface area contributed by atoms with Crippen LogP contribution in [0.3, 0.4) is 0 Å². The molecule has 0 aromatic heterocycles. The molecule has 2 amide bonds. The number of carbonyl (C=O) groups excluding carboxylic acids is 2. The van der Waals surface area contributed by atoms with Gasteiger partial charge in [-0.1, -0.05) is 11.6 Å². The first-order valence-electron chi connectivity index (χ1n) is 11.4. The van der Waals surface area contributed by atoms with Crippen LogP contribution in [0.5, 0.6) is 0 Å². The summed E-state index contributed by atoms with van der Waals surface area (Å²) in [5.41, 5.74) is -0.375. The fraction of sp³-hybridized carbons (Fsp3) is 0.652. The molecule has 2 heterocycles. The number of aliphatic hydroxyl groups excluding tert-OH is 1. The van der Waals surface area contributed by atoms with Gasteiger partial charge in [0.15, 0.2) is 0 Å². The molecule has 2 saturated heterocycles. The Hall–Kier alpha value is -2.00. The number of alkyl halides is 3. The van der Waals surface area contributed by atoms with E-state index in [0.717, 1.165) is 25.3 Å². The van der Waals surface area contributed by atoms with Gasteiger partial charge in [0.05, 0.1) is 16.7 Å². The second-order valence-corrected chi connectivity index (χ2v) is 9.84. The zero-order valence-corrected chi connectivity index (χ0v) is 19.3. The maximum Gasteiger partial charge on any atom is 0.417 e. The molecule has 3 fully saturated rings. The van der Waals surface area contributed by atoms with Crippen molar-refractivity contribution in [2.45, 2.75) is 57.3 Å². The Morgan fingerprint density at radius 3 is 2.55 bits per heavy atom. The lowest BCUT2D eigenvalue weighted by molar-refractivity contribution is -0.138. The lowest BCUT2D eigenvalue weighted by atomic mass is 9.90. The minimum Gasteiger partial charge on any atom is -0.391 e. The van der Waals surface area contributed by atoms with Gasteiger partial charge in [0.25, 0.3) is 0 Å². The van der Waals surface area contributed by atoms with E-state index in [1.807, 2.05) is 0 Å². The molecule has 0 radical (unpaired) electrons. The van der Waals surface area contributed by atoms with Crippen LogP contribution in [0.15, 0.2) is 18.2 Å². The summed E-state index contributed by atoms with van der Waals surface area (Å²) in [6.07, 6.45) is -1.19. The second-order valence-electron chi connectivity index (χ2n) is 9.43.